The van der Waals surface area contributed by atoms with Gasteiger partial charge in [0.05, 0.1) is 0 Å². The van der Waals surface area contributed by atoms with Gasteiger partial charge >= 0.3 is 0 Å². The van der Waals surface area contributed by atoms with Gasteiger partial charge in [-0.2, -0.15) is 0 Å². The summed E-state index contributed by atoms with van der Waals surface area (Å²) < 4.78 is 5.51. The van der Waals surface area contributed by atoms with Gasteiger partial charge in [0.15, 0.2) is 6.61 Å². The van der Waals surface area contributed by atoms with Crippen LogP contribution in [0.2, 0.25) is 0 Å². The number of rotatable bonds is 6. The van der Waals surface area contributed by atoms with Gasteiger partial charge in [-0.1, -0.05) is 18.2 Å². The lowest BCUT2D eigenvalue weighted by molar-refractivity contribution is -0.137. The number of halogens is 1. The molecule has 26 heavy (non-hydrogen) atoms. The topological polar surface area (TPSA) is 70.7 Å². The van der Waals surface area contributed by atoms with Gasteiger partial charge in [-0.15, -0.1) is 12.4 Å². The Labute approximate surface area is 161 Å². The van der Waals surface area contributed by atoms with Crippen molar-refractivity contribution in [3.05, 3.63) is 30.3 Å². The first kappa shape index (κ1) is 20.5. The van der Waals surface area contributed by atoms with Gasteiger partial charge < -0.3 is 20.3 Å². The van der Waals surface area contributed by atoms with Gasteiger partial charge in [-0.05, 0) is 44.4 Å². The number of benzene rings is 1. The molecule has 1 unspecified atom stereocenters. The molecule has 2 heterocycles. The molecule has 2 aliphatic rings. The SMILES string of the molecule is Cl.O=C(NCC1CCCN1)C1CCN(C(=O)COc2ccccc2)CC1. The minimum Gasteiger partial charge on any atom is -0.484 e. The van der Waals surface area contributed by atoms with Crippen LogP contribution in [0.15, 0.2) is 30.3 Å². The maximum Gasteiger partial charge on any atom is 0.260 e. The number of carbonyl (C=O) groups excluding carboxylic acids is 2. The zero-order valence-electron chi connectivity index (χ0n) is 15.0. The molecule has 2 amide bonds. The summed E-state index contributed by atoms with van der Waals surface area (Å²) in [7, 11) is 0. The summed E-state index contributed by atoms with van der Waals surface area (Å²) in [6, 6.07) is 9.76. The molecule has 1 atom stereocenters. The lowest BCUT2D eigenvalue weighted by atomic mass is 9.95. The number of hydrogen-bond acceptors (Lipinski definition) is 4. The van der Waals surface area contributed by atoms with Gasteiger partial charge in [-0.3, -0.25) is 9.59 Å². The number of carbonyl (C=O) groups is 2. The third kappa shape index (κ3) is 5.88. The molecule has 2 N–H and O–H groups in total. The van der Waals surface area contributed by atoms with E-state index in [1.807, 2.05) is 30.3 Å². The Balaban J connectivity index is 0.00000243. The lowest BCUT2D eigenvalue weighted by Gasteiger charge is -2.31. The molecule has 3 rings (SSSR count). The van der Waals surface area contributed by atoms with E-state index in [1.165, 1.54) is 6.42 Å². The second kappa shape index (κ2) is 10.4. The molecule has 6 nitrogen and oxygen atoms in total. The zero-order chi connectivity index (χ0) is 17.5. The number of ether oxygens (including phenoxy) is 1. The average Bonchev–Trinajstić information content (AvgIpc) is 3.19. The molecule has 2 saturated heterocycles. The quantitative estimate of drug-likeness (QED) is 0.785. The number of hydrogen-bond donors (Lipinski definition) is 2. The van der Waals surface area contributed by atoms with Gasteiger partial charge in [0.2, 0.25) is 5.91 Å². The minimum absolute atomic E-state index is 0. The van der Waals surface area contributed by atoms with Crippen molar-refractivity contribution in [2.45, 2.75) is 31.7 Å². The first-order chi connectivity index (χ1) is 12.2. The zero-order valence-corrected chi connectivity index (χ0v) is 15.8. The number of nitrogens with one attached hydrogen (secondary N) is 2. The van der Waals surface area contributed by atoms with E-state index in [4.69, 9.17) is 4.74 Å². The highest BCUT2D eigenvalue weighted by Gasteiger charge is 2.28. The van der Waals surface area contributed by atoms with Crippen LogP contribution in [0.25, 0.3) is 0 Å². The van der Waals surface area contributed by atoms with E-state index in [0.29, 0.717) is 31.4 Å². The first-order valence-electron chi connectivity index (χ1n) is 9.19. The van der Waals surface area contributed by atoms with Crippen molar-refractivity contribution in [1.82, 2.24) is 15.5 Å². The predicted octanol–water partition coefficient (Wildman–Crippen LogP) is 1.59. The highest BCUT2D eigenvalue weighted by Crippen LogP contribution is 2.18. The van der Waals surface area contributed by atoms with Crippen molar-refractivity contribution >= 4 is 24.2 Å². The Morgan fingerprint density at radius 3 is 2.54 bits per heavy atom. The Kier molecular flexibility index (Phi) is 8.19. The maximum atomic E-state index is 12.3. The van der Waals surface area contributed by atoms with Crippen molar-refractivity contribution in [1.29, 1.82) is 0 Å². The summed E-state index contributed by atoms with van der Waals surface area (Å²) in [5, 5.41) is 6.44. The Morgan fingerprint density at radius 1 is 1.15 bits per heavy atom. The van der Waals surface area contributed by atoms with Crippen LogP contribution < -0.4 is 15.4 Å². The fourth-order valence-electron chi connectivity index (χ4n) is 3.44. The molecule has 7 heteroatoms. The maximum absolute atomic E-state index is 12.3. The standard InChI is InChI=1S/C19H27N3O3.ClH/c23-18(14-25-17-6-2-1-3-7-17)22-11-8-15(9-12-22)19(24)21-13-16-5-4-10-20-16;/h1-3,6-7,15-16,20H,4-5,8-14H2,(H,21,24);1H. The lowest BCUT2D eigenvalue weighted by Crippen LogP contribution is -2.46. The molecule has 1 aromatic carbocycles. The van der Waals surface area contributed by atoms with Gasteiger partial charge in [0.1, 0.15) is 5.75 Å². The molecule has 0 spiro atoms. The Hall–Kier alpha value is -1.79. The second-order valence-corrected chi connectivity index (χ2v) is 6.80. The van der Waals surface area contributed by atoms with Gasteiger partial charge in [-0.25, -0.2) is 0 Å². The number of nitrogens with zero attached hydrogens (tertiary/aromatic N) is 1. The second-order valence-electron chi connectivity index (χ2n) is 6.80. The van der Waals surface area contributed by atoms with Crippen LogP contribution in [0.3, 0.4) is 0 Å². The van der Waals surface area contributed by atoms with E-state index >= 15 is 0 Å². The van der Waals surface area contributed by atoms with Crippen LogP contribution in [0.1, 0.15) is 25.7 Å². The molecule has 0 aromatic heterocycles. The molecular weight excluding hydrogens is 354 g/mol. The molecule has 2 aliphatic heterocycles. The minimum atomic E-state index is -0.0159. The summed E-state index contributed by atoms with van der Waals surface area (Å²) in [4.78, 5) is 26.3. The van der Waals surface area contributed by atoms with Gasteiger partial charge in [0, 0.05) is 31.6 Å². The summed E-state index contributed by atoms with van der Waals surface area (Å²) in [6.07, 6.45) is 3.77. The first-order valence-corrected chi connectivity index (χ1v) is 9.19. The van der Waals surface area contributed by atoms with Crippen molar-refractivity contribution in [2.24, 2.45) is 5.92 Å². The Morgan fingerprint density at radius 2 is 1.88 bits per heavy atom. The van der Waals surface area contributed by atoms with Crippen LogP contribution in [0.4, 0.5) is 0 Å². The fraction of sp³-hybridized carbons (Fsp3) is 0.579. The van der Waals surface area contributed by atoms with E-state index in [9.17, 15) is 9.59 Å². The number of piperidine rings is 1. The van der Waals surface area contributed by atoms with Crippen molar-refractivity contribution < 1.29 is 14.3 Å². The fourth-order valence-corrected chi connectivity index (χ4v) is 3.44. The molecule has 144 valence electrons. The van der Waals surface area contributed by atoms with E-state index < -0.39 is 0 Å². The van der Waals surface area contributed by atoms with Crippen LogP contribution in [0.5, 0.6) is 5.75 Å². The Bertz CT molecular complexity index is 571. The monoisotopic (exact) mass is 381 g/mol. The highest BCUT2D eigenvalue weighted by atomic mass is 35.5. The number of amides is 2. The van der Waals surface area contributed by atoms with E-state index in [0.717, 1.165) is 25.8 Å². The van der Waals surface area contributed by atoms with Crippen molar-refractivity contribution in [3.8, 4) is 5.75 Å². The molecule has 1 aromatic rings. The summed E-state index contributed by atoms with van der Waals surface area (Å²) in [5.41, 5.74) is 0. The molecule has 0 aliphatic carbocycles. The van der Waals surface area contributed by atoms with E-state index in [2.05, 4.69) is 10.6 Å². The highest BCUT2D eigenvalue weighted by molar-refractivity contribution is 5.85. The molecular formula is C19H28ClN3O3. The molecule has 0 bridgehead atoms. The van der Waals surface area contributed by atoms with Crippen molar-refractivity contribution in [2.75, 3.05) is 32.8 Å². The summed E-state index contributed by atoms with van der Waals surface area (Å²) in [6.45, 7) is 3.05. The number of likely N-dealkylation sites (tertiary alicyclic amines) is 1. The van der Waals surface area contributed by atoms with Gasteiger partial charge in [0.25, 0.3) is 5.91 Å². The molecule has 0 radical (unpaired) electrons. The van der Waals surface area contributed by atoms with E-state index in [1.54, 1.807) is 4.90 Å². The number of para-hydroxylation sites is 1. The third-order valence-electron chi connectivity index (χ3n) is 5.01. The van der Waals surface area contributed by atoms with Crippen molar-refractivity contribution in [3.63, 3.8) is 0 Å². The molecule has 0 saturated carbocycles. The van der Waals surface area contributed by atoms with Crippen LogP contribution in [-0.4, -0.2) is 55.5 Å². The van der Waals surface area contributed by atoms with E-state index in [-0.39, 0.29) is 36.7 Å². The summed E-state index contributed by atoms with van der Waals surface area (Å²) >= 11 is 0. The largest absolute Gasteiger partial charge is 0.484 e. The van der Waals surface area contributed by atoms with Crippen LogP contribution in [0, 0.1) is 5.92 Å². The smallest absolute Gasteiger partial charge is 0.260 e. The van der Waals surface area contributed by atoms with Crippen LogP contribution >= 0.6 is 12.4 Å². The normalized spacial score (nSPS) is 20.3. The average molecular weight is 382 g/mol. The molecule has 2 fully saturated rings. The predicted molar refractivity (Wildman–Crippen MR) is 103 cm³/mol. The third-order valence-corrected chi connectivity index (χ3v) is 5.01. The summed E-state index contributed by atoms with van der Waals surface area (Å²) in [5.74, 6) is 0.824. The van der Waals surface area contributed by atoms with Crippen LogP contribution in [-0.2, 0) is 9.59 Å².